The number of fused-ring (bicyclic) bond motifs is 1. The lowest BCUT2D eigenvalue weighted by Gasteiger charge is -2.05. The first-order chi connectivity index (χ1) is 14.4. The predicted molar refractivity (Wildman–Crippen MR) is 102 cm³/mol. The van der Waals surface area contributed by atoms with Crippen LogP contribution in [-0.4, -0.2) is 39.4 Å². The molecule has 0 radical (unpaired) electrons. The van der Waals surface area contributed by atoms with E-state index in [1.807, 2.05) is 0 Å². The Hall–Kier alpha value is -3.87. The molecule has 30 heavy (non-hydrogen) atoms. The highest BCUT2D eigenvalue weighted by molar-refractivity contribution is 7.71. The third kappa shape index (κ3) is 3.82. The third-order valence-corrected chi connectivity index (χ3v) is 4.28. The highest BCUT2D eigenvalue weighted by Gasteiger charge is 2.22. The number of hydrogen-bond acceptors (Lipinski definition) is 8. The SMILES string of the molecule is O=[N+]([O-])c1cc2c(cc1C=Nn1c(-c3ccc(OC(F)F)cc3)n[nH]c1=S)OCO2. The summed E-state index contributed by atoms with van der Waals surface area (Å²) in [5.41, 5.74) is 0.438. The molecular weight excluding hydrogens is 424 g/mol. The van der Waals surface area contributed by atoms with E-state index in [0.717, 1.165) is 0 Å². The highest BCUT2D eigenvalue weighted by Crippen LogP contribution is 2.37. The number of alkyl halides is 2. The van der Waals surface area contributed by atoms with E-state index >= 15 is 0 Å². The molecule has 1 aromatic heterocycles. The van der Waals surface area contributed by atoms with Gasteiger partial charge in [-0.05, 0) is 42.5 Å². The number of benzene rings is 2. The van der Waals surface area contributed by atoms with Crippen molar-refractivity contribution in [3.05, 3.63) is 56.8 Å². The number of nitro groups is 1. The normalized spacial score (nSPS) is 12.6. The van der Waals surface area contributed by atoms with Gasteiger partial charge >= 0.3 is 6.61 Å². The maximum Gasteiger partial charge on any atom is 0.387 e. The van der Waals surface area contributed by atoms with Gasteiger partial charge in [-0.15, -0.1) is 0 Å². The average Bonchev–Trinajstić information content (AvgIpc) is 3.31. The minimum absolute atomic E-state index is 0.0195. The van der Waals surface area contributed by atoms with Crippen LogP contribution in [0.4, 0.5) is 14.5 Å². The van der Waals surface area contributed by atoms with E-state index < -0.39 is 11.5 Å². The Balaban J connectivity index is 1.69. The van der Waals surface area contributed by atoms with Crippen LogP contribution in [0.3, 0.4) is 0 Å². The van der Waals surface area contributed by atoms with E-state index in [1.54, 1.807) is 0 Å². The van der Waals surface area contributed by atoms with Gasteiger partial charge in [0.1, 0.15) is 5.75 Å². The quantitative estimate of drug-likeness (QED) is 0.271. The highest BCUT2D eigenvalue weighted by atomic mass is 32.1. The smallest absolute Gasteiger partial charge is 0.387 e. The van der Waals surface area contributed by atoms with Crippen molar-refractivity contribution in [2.45, 2.75) is 6.61 Å². The number of H-pyrrole nitrogens is 1. The number of aromatic nitrogens is 3. The molecule has 2 heterocycles. The Morgan fingerprint density at radius 2 is 2.00 bits per heavy atom. The van der Waals surface area contributed by atoms with Crippen LogP contribution < -0.4 is 14.2 Å². The Bertz CT molecular complexity index is 1190. The molecule has 2 aromatic carbocycles. The molecule has 0 saturated heterocycles. The van der Waals surface area contributed by atoms with Crippen molar-refractivity contribution in [1.29, 1.82) is 0 Å². The molecule has 1 N–H and O–H groups in total. The second kappa shape index (κ2) is 7.87. The lowest BCUT2D eigenvalue weighted by Crippen LogP contribution is -2.01. The average molecular weight is 435 g/mol. The first-order valence-corrected chi connectivity index (χ1v) is 8.68. The van der Waals surface area contributed by atoms with Crippen LogP contribution in [0.15, 0.2) is 41.5 Å². The van der Waals surface area contributed by atoms with E-state index in [9.17, 15) is 18.9 Å². The van der Waals surface area contributed by atoms with Gasteiger partial charge < -0.3 is 14.2 Å². The van der Waals surface area contributed by atoms with E-state index in [1.165, 1.54) is 47.3 Å². The zero-order chi connectivity index (χ0) is 21.3. The summed E-state index contributed by atoms with van der Waals surface area (Å²) in [6.07, 6.45) is 1.24. The van der Waals surface area contributed by atoms with Crippen molar-refractivity contribution in [2.75, 3.05) is 6.79 Å². The van der Waals surface area contributed by atoms with E-state index in [4.69, 9.17) is 21.7 Å². The second-order valence-corrected chi connectivity index (χ2v) is 6.22. The molecule has 0 atom stereocenters. The van der Waals surface area contributed by atoms with Crippen molar-refractivity contribution in [3.63, 3.8) is 0 Å². The molecule has 0 aliphatic carbocycles. The molecule has 1 aliphatic heterocycles. The van der Waals surface area contributed by atoms with Gasteiger partial charge in [0.15, 0.2) is 17.3 Å². The first kappa shape index (κ1) is 19.4. The Kier molecular flexibility index (Phi) is 5.10. The maximum absolute atomic E-state index is 12.3. The fourth-order valence-corrected chi connectivity index (χ4v) is 2.88. The van der Waals surface area contributed by atoms with Crippen LogP contribution in [0.2, 0.25) is 0 Å². The monoisotopic (exact) mass is 435 g/mol. The minimum Gasteiger partial charge on any atom is -0.454 e. The van der Waals surface area contributed by atoms with Crippen LogP contribution in [0.25, 0.3) is 11.4 Å². The van der Waals surface area contributed by atoms with Crippen LogP contribution >= 0.6 is 12.2 Å². The molecular formula is C17H11F2N5O5S. The second-order valence-electron chi connectivity index (χ2n) is 5.83. The van der Waals surface area contributed by atoms with Crippen molar-refractivity contribution >= 4 is 24.1 Å². The molecule has 0 spiro atoms. The Morgan fingerprint density at radius 3 is 2.67 bits per heavy atom. The summed E-state index contributed by atoms with van der Waals surface area (Å²) in [6.45, 7) is -2.97. The molecule has 0 amide bonds. The zero-order valence-electron chi connectivity index (χ0n) is 14.8. The standard InChI is InChI=1S/C17H11F2N5O5S/c18-16(19)29-11-3-1-9(2-4-11)15-21-22-17(30)23(15)20-7-10-5-13-14(28-8-27-13)6-12(10)24(25)26/h1-7,16H,8H2,(H,22,30). The van der Waals surface area contributed by atoms with Crippen LogP contribution in [0.5, 0.6) is 17.2 Å². The summed E-state index contributed by atoms with van der Waals surface area (Å²) in [7, 11) is 0. The number of nitrogens with zero attached hydrogens (tertiary/aromatic N) is 4. The Labute approximate surface area is 171 Å². The topological polar surface area (TPSA) is 117 Å². The van der Waals surface area contributed by atoms with Crippen LogP contribution in [0.1, 0.15) is 5.56 Å². The molecule has 3 aromatic rings. The number of rotatable bonds is 6. The van der Waals surface area contributed by atoms with Crippen molar-refractivity contribution in [3.8, 4) is 28.6 Å². The molecule has 13 heteroatoms. The fraction of sp³-hybridized carbons (Fsp3) is 0.118. The minimum atomic E-state index is -2.94. The molecule has 0 bridgehead atoms. The lowest BCUT2D eigenvalue weighted by molar-refractivity contribution is -0.385. The van der Waals surface area contributed by atoms with Crippen molar-refractivity contribution in [2.24, 2.45) is 5.10 Å². The molecule has 1 aliphatic rings. The number of hydrogen-bond donors (Lipinski definition) is 1. The van der Waals surface area contributed by atoms with E-state index in [-0.39, 0.29) is 40.1 Å². The summed E-state index contributed by atoms with van der Waals surface area (Å²) in [5.74, 6) is 0.871. The molecule has 0 fully saturated rings. The zero-order valence-corrected chi connectivity index (χ0v) is 15.6. The number of nitrogens with one attached hydrogen (secondary N) is 1. The first-order valence-electron chi connectivity index (χ1n) is 8.27. The predicted octanol–water partition coefficient (Wildman–Crippen LogP) is 3.73. The summed E-state index contributed by atoms with van der Waals surface area (Å²) in [5, 5.41) is 22.2. The van der Waals surface area contributed by atoms with Gasteiger partial charge in [0.25, 0.3) is 5.69 Å². The Morgan fingerprint density at radius 1 is 1.30 bits per heavy atom. The molecule has 10 nitrogen and oxygen atoms in total. The molecule has 4 rings (SSSR count). The summed E-state index contributed by atoms with van der Waals surface area (Å²) in [6, 6.07) is 8.37. The van der Waals surface area contributed by atoms with Crippen LogP contribution in [-0.2, 0) is 0 Å². The number of ether oxygens (including phenoxy) is 3. The largest absolute Gasteiger partial charge is 0.454 e. The molecule has 154 valence electrons. The van der Waals surface area contributed by atoms with Crippen molar-refractivity contribution < 1.29 is 27.9 Å². The molecule has 0 unspecified atom stereocenters. The van der Waals surface area contributed by atoms with Crippen LogP contribution in [0, 0.1) is 14.9 Å². The van der Waals surface area contributed by atoms with Gasteiger partial charge in [-0.2, -0.15) is 23.7 Å². The van der Waals surface area contributed by atoms with Gasteiger partial charge in [0.2, 0.25) is 11.6 Å². The summed E-state index contributed by atoms with van der Waals surface area (Å²) < 4.78 is 40.7. The van der Waals surface area contributed by atoms with Gasteiger partial charge in [-0.3, -0.25) is 10.1 Å². The summed E-state index contributed by atoms with van der Waals surface area (Å²) >= 11 is 5.16. The summed E-state index contributed by atoms with van der Waals surface area (Å²) in [4.78, 5) is 10.8. The van der Waals surface area contributed by atoms with E-state index in [0.29, 0.717) is 11.3 Å². The number of halogens is 2. The van der Waals surface area contributed by atoms with Gasteiger partial charge in [-0.25, -0.2) is 5.10 Å². The van der Waals surface area contributed by atoms with Crippen molar-refractivity contribution in [1.82, 2.24) is 14.9 Å². The van der Waals surface area contributed by atoms with E-state index in [2.05, 4.69) is 20.0 Å². The fourth-order valence-electron chi connectivity index (χ4n) is 2.70. The number of aromatic amines is 1. The van der Waals surface area contributed by atoms with Gasteiger partial charge in [-0.1, -0.05) is 0 Å². The lowest BCUT2D eigenvalue weighted by atomic mass is 10.1. The van der Waals surface area contributed by atoms with Gasteiger partial charge in [0.05, 0.1) is 22.8 Å². The third-order valence-electron chi connectivity index (χ3n) is 4.02. The maximum atomic E-state index is 12.3. The molecule has 0 saturated carbocycles. The number of nitro benzene ring substituents is 1. The van der Waals surface area contributed by atoms with Gasteiger partial charge in [0, 0.05) is 5.56 Å².